The predicted molar refractivity (Wildman–Crippen MR) is 283 cm³/mol. The van der Waals surface area contributed by atoms with E-state index in [-0.39, 0.29) is 23.8 Å². The maximum Gasteiger partial charge on any atom is 0.308 e. The zero-order valence-corrected chi connectivity index (χ0v) is 45.1. The van der Waals surface area contributed by atoms with Crippen molar-refractivity contribution in [3.8, 4) is 0 Å². The molecule has 0 saturated carbocycles. The number of nitrogens with zero attached hydrogens (tertiary/aromatic N) is 1. The van der Waals surface area contributed by atoms with E-state index in [9.17, 15) is 14.7 Å². The molecule has 0 aliphatic carbocycles. The average Bonchev–Trinajstić information content (AvgIpc) is 3.30. The molecule has 0 rings (SSSR count). The van der Waals surface area contributed by atoms with Crippen LogP contribution in [0, 0.1) is 11.8 Å². The van der Waals surface area contributed by atoms with Gasteiger partial charge >= 0.3 is 11.9 Å². The van der Waals surface area contributed by atoms with Gasteiger partial charge in [-0.1, -0.05) is 234 Å². The largest absolute Gasteiger partial charge is 0.465 e. The number of ether oxygens (including phenoxy) is 2. The van der Waals surface area contributed by atoms with Crippen molar-refractivity contribution < 1.29 is 24.2 Å². The van der Waals surface area contributed by atoms with Crippen LogP contribution < -0.4 is 0 Å². The van der Waals surface area contributed by atoms with Crippen molar-refractivity contribution in [3.63, 3.8) is 0 Å². The molecule has 0 aliphatic rings. The molecule has 2 unspecified atom stereocenters. The fourth-order valence-corrected chi connectivity index (χ4v) is 9.98. The number of aliphatic hydroxyl groups is 1. The number of unbranched alkanes of at least 4 members (excludes halogenated alkanes) is 27. The Morgan fingerprint density at radius 1 is 0.354 bits per heavy atom. The third-order valence-electron chi connectivity index (χ3n) is 14.3. The molecule has 1 N–H and O–H groups in total. The predicted octanol–water partition coefficient (Wildman–Crippen LogP) is 18.2. The van der Waals surface area contributed by atoms with Crippen LogP contribution >= 0.6 is 0 Å². The molecule has 0 heterocycles. The molecule has 0 saturated heterocycles. The summed E-state index contributed by atoms with van der Waals surface area (Å²) in [5, 5.41) is 12.0. The van der Waals surface area contributed by atoms with Crippen molar-refractivity contribution >= 4 is 11.9 Å². The Labute approximate surface area is 407 Å². The van der Waals surface area contributed by atoms with Crippen molar-refractivity contribution in [1.29, 1.82) is 0 Å². The van der Waals surface area contributed by atoms with E-state index in [1.54, 1.807) is 0 Å². The van der Waals surface area contributed by atoms with E-state index in [1.165, 1.54) is 154 Å². The zero-order valence-electron chi connectivity index (χ0n) is 45.1. The van der Waals surface area contributed by atoms with Crippen molar-refractivity contribution in [2.75, 3.05) is 32.8 Å². The van der Waals surface area contributed by atoms with Crippen LogP contribution in [0.5, 0.6) is 0 Å². The number of hydrogen-bond acceptors (Lipinski definition) is 6. The number of hydrogen-bond donors (Lipinski definition) is 1. The van der Waals surface area contributed by atoms with E-state index in [0.29, 0.717) is 13.2 Å². The maximum atomic E-state index is 13.2. The van der Waals surface area contributed by atoms with Gasteiger partial charge in [0.25, 0.3) is 0 Å². The Bertz CT molecular complexity index is 920. The summed E-state index contributed by atoms with van der Waals surface area (Å²) < 4.78 is 11.8. The molecule has 0 fully saturated rings. The fourth-order valence-electron chi connectivity index (χ4n) is 9.98. The van der Waals surface area contributed by atoms with Gasteiger partial charge in [0.15, 0.2) is 0 Å². The van der Waals surface area contributed by atoms with Gasteiger partial charge in [-0.15, -0.1) is 0 Å². The first-order chi connectivity index (χ1) is 31.8. The standard InChI is InChI=1S/C59H117NO5/c1-7-13-17-21-23-25-27-35-45-55(43-33-19-15-9-3)57(61)64-53-41-31-29-37-47-59(63,49-39-40-52-60(50-11-5)51-12-6)48-38-30-32-42-54-65-58(62)56(44-34-20-16-10-4)46-36-28-26-24-22-18-14-8-2/h55-56,63H,7-54H2,1-6H3. The molecule has 0 spiro atoms. The van der Waals surface area contributed by atoms with Crippen molar-refractivity contribution in [2.45, 2.75) is 323 Å². The molecule has 0 aromatic heterocycles. The second-order valence-corrected chi connectivity index (χ2v) is 20.8. The van der Waals surface area contributed by atoms with Crippen molar-refractivity contribution in [3.05, 3.63) is 0 Å². The van der Waals surface area contributed by atoms with E-state index in [4.69, 9.17) is 9.47 Å². The first kappa shape index (κ1) is 63.9. The molecule has 0 aromatic carbocycles. The number of rotatable bonds is 53. The molecule has 0 radical (unpaired) electrons. The molecule has 0 amide bonds. The topological polar surface area (TPSA) is 76.1 Å². The smallest absolute Gasteiger partial charge is 0.308 e. The Balaban J connectivity index is 4.87. The Hall–Kier alpha value is -1.14. The van der Waals surface area contributed by atoms with E-state index in [0.717, 1.165) is 141 Å². The van der Waals surface area contributed by atoms with Gasteiger partial charge in [-0.3, -0.25) is 9.59 Å². The van der Waals surface area contributed by atoms with Gasteiger partial charge in [-0.05, 0) is 103 Å². The first-order valence-corrected chi connectivity index (χ1v) is 29.6. The maximum absolute atomic E-state index is 13.2. The molecule has 0 aliphatic heterocycles. The minimum absolute atomic E-state index is 0.0458. The fraction of sp³-hybridized carbons (Fsp3) is 0.966. The molecule has 2 atom stereocenters. The Kier molecular flexibility index (Phi) is 48.4. The van der Waals surface area contributed by atoms with Gasteiger partial charge in [-0.2, -0.15) is 0 Å². The minimum Gasteiger partial charge on any atom is -0.465 e. The van der Waals surface area contributed by atoms with E-state index < -0.39 is 5.60 Å². The molecule has 65 heavy (non-hydrogen) atoms. The van der Waals surface area contributed by atoms with Gasteiger partial charge in [0.05, 0.1) is 30.7 Å². The second kappa shape index (κ2) is 49.3. The average molecular weight is 921 g/mol. The van der Waals surface area contributed by atoms with Gasteiger partial charge in [0, 0.05) is 0 Å². The summed E-state index contributed by atoms with van der Waals surface area (Å²) in [5.41, 5.74) is -0.611. The molecule has 0 aromatic rings. The van der Waals surface area contributed by atoms with Gasteiger partial charge in [0.1, 0.15) is 0 Å². The van der Waals surface area contributed by atoms with Crippen LogP contribution in [-0.2, 0) is 19.1 Å². The van der Waals surface area contributed by atoms with Crippen molar-refractivity contribution in [2.24, 2.45) is 11.8 Å². The lowest BCUT2D eigenvalue weighted by Crippen LogP contribution is -2.30. The third-order valence-corrected chi connectivity index (χ3v) is 14.3. The van der Waals surface area contributed by atoms with E-state index in [2.05, 4.69) is 46.4 Å². The monoisotopic (exact) mass is 920 g/mol. The molecule has 388 valence electrons. The highest BCUT2D eigenvalue weighted by molar-refractivity contribution is 5.72. The van der Waals surface area contributed by atoms with Crippen LogP contribution in [0.2, 0.25) is 0 Å². The summed E-state index contributed by atoms with van der Waals surface area (Å²) in [6, 6.07) is 0. The van der Waals surface area contributed by atoms with Crippen LogP contribution in [0.25, 0.3) is 0 Å². The summed E-state index contributed by atoms with van der Waals surface area (Å²) in [6.45, 7) is 18.1. The molecular weight excluding hydrogens is 803 g/mol. The zero-order chi connectivity index (χ0) is 47.7. The van der Waals surface area contributed by atoms with E-state index in [1.807, 2.05) is 0 Å². The molecule has 6 heteroatoms. The lowest BCUT2D eigenvalue weighted by molar-refractivity contribution is -0.150. The summed E-state index contributed by atoms with van der Waals surface area (Å²) in [7, 11) is 0. The van der Waals surface area contributed by atoms with Crippen LogP contribution in [0.1, 0.15) is 318 Å². The lowest BCUT2D eigenvalue weighted by atomic mass is 9.85. The summed E-state index contributed by atoms with van der Waals surface area (Å²) >= 11 is 0. The van der Waals surface area contributed by atoms with Crippen LogP contribution in [-0.4, -0.2) is 60.4 Å². The Morgan fingerprint density at radius 2 is 0.631 bits per heavy atom. The highest BCUT2D eigenvalue weighted by atomic mass is 16.5. The van der Waals surface area contributed by atoms with Crippen LogP contribution in [0.3, 0.4) is 0 Å². The third kappa shape index (κ3) is 41.5. The van der Waals surface area contributed by atoms with E-state index >= 15 is 0 Å². The second-order valence-electron chi connectivity index (χ2n) is 20.8. The number of carbonyl (C=O) groups is 2. The van der Waals surface area contributed by atoms with Crippen molar-refractivity contribution in [1.82, 2.24) is 4.90 Å². The summed E-state index contributed by atoms with van der Waals surface area (Å²) in [5.74, 6) is 0.230. The highest BCUT2D eigenvalue weighted by Crippen LogP contribution is 2.29. The molecule has 0 bridgehead atoms. The van der Waals surface area contributed by atoms with Crippen LogP contribution in [0.4, 0.5) is 0 Å². The summed E-state index contributed by atoms with van der Waals surface area (Å²) in [4.78, 5) is 29.0. The van der Waals surface area contributed by atoms with Gasteiger partial charge in [-0.25, -0.2) is 0 Å². The number of carbonyl (C=O) groups excluding carboxylic acids is 2. The Morgan fingerprint density at radius 3 is 0.969 bits per heavy atom. The molecular formula is C59H117NO5. The molecule has 6 nitrogen and oxygen atoms in total. The van der Waals surface area contributed by atoms with Gasteiger partial charge in [0.2, 0.25) is 0 Å². The van der Waals surface area contributed by atoms with Crippen LogP contribution in [0.15, 0.2) is 0 Å². The minimum atomic E-state index is -0.611. The SMILES string of the molecule is CCCCCCCCCCC(CCCCCC)C(=O)OCCCCCCC(O)(CCCCCCOC(=O)C(CCCCCC)CCCCCCCCCC)CCCCN(CCC)CCC. The highest BCUT2D eigenvalue weighted by Gasteiger charge is 2.26. The first-order valence-electron chi connectivity index (χ1n) is 29.6. The normalized spacial score (nSPS) is 13.6. The van der Waals surface area contributed by atoms with Gasteiger partial charge < -0.3 is 19.5 Å². The number of esters is 2. The quantitative estimate of drug-likeness (QED) is 0.0484. The lowest BCUT2D eigenvalue weighted by Gasteiger charge is -2.29. The summed E-state index contributed by atoms with van der Waals surface area (Å²) in [6.07, 6.45) is 49.7.